The van der Waals surface area contributed by atoms with Crippen molar-refractivity contribution in [1.82, 2.24) is 29.2 Å². The van der Waals surface area contributed by atoms with E-state index in [0.29, 0.717) is 35.8 Å². The quantitative estimate of drug-likeness (QED) is 0.428. The summed E-state index contributed by atoms with van der Waals surface area (Å²) in [4.78, 5) is 37.4. The normalized spacial score (nSPS) is 18.4. The summed E-state index contributed by atoms with van der Waals surface area (Å²) < 4.78 is 31.2. The Morgan fingerprint density at radius 2 is 1.92 bits per heavy atom. The number of amides is 1. The van der Waals surface area contributed by atoms with Crippen LogP contribution in [0, 0.1) is 11.6 Å². The highest BCUT2D eigenvalue weighted by Crippen LogP contribution is 2.37. The van der Waals surface area contributed by atoms with Gasteiger partial charge < -0.3 is 10.0 Å². The number of likely N-dealkylation sites (tertiary alicyclic amines) is 1. The Hall–Kier alpha value is -4.12. The molecule has 1 amide bonds. The Morgan fingerprint density at radius 1 is 1.16 bits per heavy atom. The van der Waals surface area contributed by atoms with E-state index in [1.807, 2.05) is 0 Å². The molecular weight excluding hydrogens is 518 g/mol. The van der Waals surface area contributed by atoms with E-state index in [0.717, 1.165) is 23.9 Å². The molecule has 1 N–H and O–H groups in total. The lowest BCUT2D eigenvalue weighted by Crippen LogP contribution is -2.39. The van der Waals surface area contributed by atoms with E-state index in [1.54, 1.807) is 23.9 Å². The van der Waals surface area contributed by atoms with Gasteiger partial charge in [-0.3, -0.25) is 23.8 Å². The summed E-state index contributed by atoms with van der Waals surface area (Å²) >= 11 is 5.93. The number of hydrogen-bond acceptors (Lipinski definition) is 6. The first-order valence-corrected chi connectivity index (χ1v) is 12.3. The number of aromatic hydroxyl groups is 1. The molecule has 0 saturated carbocycles. The number of rotatable bonds is 3. The Kier molecular flexibility index (Phi) is 5.75. The van der Waals surface area contributed by atoms with Crippen molar-refractivity contribution in [2.45, 2.75) is 24.8 Å². The molecule has 1 unspecified atom stereocenters. The fourth-order valence-corrected chi connectivity index (χ4v) is 5.47. The van der Waals surface area contributed by atoms with Crippen LogP contribution in [0.1, 0.15) is 45.7 Å². The van der Waals surface area contributed by atoms with Crippen molar-refractivity contribution in [3.8, 4) is 17.3 Å². The van der Waals surface area contributed by atoms with Crippen LogP contribution in [0.5, 0.6) is 5.88 Å². The highest BCUT2D eigenvalue weighted by Gasteiger charge is 2.37. The van der Waals surface area contributed by atoms with Crippen LogP contribution in [-0.4, -0.2) is 53.3 Å². The number of nitrogens with zero attached hydrogens (tertiary/aromatic N) is 6. The third kappa shape index (κ3) is 3.94. The molecule has 12 heteroatoms. The smallest absolute Gasteiger partial charge is 0.271 e. The minimum absolute atomic E-state index is 0.0623. The molecule has 2 atom stereocenters. The third-order valence-electron chi connectivity index (χ3n) is 7.22. The lowest BCUT2D eigenvalue weighted by Gasteiger charge is -2.29. The second-order valence-electron chi connectivity index (χ2n) is 9.50. The monoisotopic (exact) mass is 538 g/mol. The van der Waals surface area contributed by atoms with E-state index >= 15 is 0 Å². The fraction of sp³-hybridized carbons (Fsp3) is 0.269. The van der Waals surface area contributed by atoms with Crippen LogP contribution in [0.15, 0.2) is 47.5 Å². The minimum Gasteiger partial charge on any atom is -0.493 e. The second-order valence-corrected chi connectivity index (χ2v) is 9.93. The second kappa shape index (κ2) is 9.02. The maximum Gasteiger partial charge on any atom is 0.271 e. The van der Waals surface area contributed by atoms with Gasteiger partial charge in [0.05, 0.1) is 28.5 Å². The Bertz CT molecular complexity index is 1630. The molecule has 0 radical (unpaired) electrons. The number of carbonyl (C=O) groups excluding carboxylic acids is 1. The largest absolute Gasteiger partial charge is 0.493 e. The number of benzene rings is 1. The maximum absolute atomic E-state index is 14.2. The van der Waals surface area contributed by atoms with Gasteiger partial charge in [0.15, 0.2) is 11.4 Å². The van der Waals surface area contributed by atoms with Crippen LogP contribution in [0.4, 0.5) is 8.78 Å². The predicted molar refractivity (Wildman–Crippen MR) is 133 cm³/mol. The number of aromatic nitrogens is 5. The van der Waals surface area contributed by atoms with E-state index in [9.17, 15) is 23.5 Å². The number of hydrogen-bond donors (Lipinski definition) is 1. The molecule has 0 bridgehead atoms. The van der Waals surface area contributed by atoms with Crippen LogP contribution in [-0.2, 0) is 13.5 Å². The summed E-state index contributed by atoms with van der Waals surface area (Å²) in [5.74, 6) is -2.97. The van der Waals surface area contributed by atoms with Crippen LogP contribution >= 0.6 is 11.6 Å². The van der Waals surface area contributed by atoms with Crippen LogP contribution in [0.3, 0.4) is 0 Å². The molecule has 194 valence electrons. The lowest BCUT2D eigenvalue weighted by atomic mass is 9.95. The van der Waals surface area contributed by atoms with Gasteiger partial charge in [0, 0.05) is 50.4 Å². The first kappa shape index (κ1) is 24.2. The van der Waals surface area contributed by atoms with Gasteiger partial charge in [0.1, 0.15) is 11.6 Å². The first-order chi connectivity index (χ1) is 18.2. The average molecular weight is 539 g/mol. The Labute approximate surface area is 219 Å². The Morgan fingerprint density at radius 3 is 2.63 bits per heavy atom. The van der Waals surface area contributed by atoms with E-state index in [4.69, 9.17) is 11.6 Å². The molecule has 9 nitrogen and oxygen atoms in total. The van der Waals surface area contributed by atoms with Crippen molar-refractivity contribution >= 4 is 17.5 Å². The minimum atomic E-state index is -0.880. The lowest BCUT2D eigenvalue weighted by molar-refractivity contribution is 0.0784. The van der Waals surface area contributed by atoms with E-state index in [1.165, 1.54) is 21.9 Å². The molecule has 38 heavy (non-hydrogen) atoms. The van der Waals surface area contributed by atoms with E-state index in [-0.39, 0.29) is 23.7 Å². The van der Waals surface area contributed by atoms with Crippen molar-refractivity contribution < 1.29 is 18.7 Å². The number of fused-ring (bicyclic) bond motifs is 3. The highest BCUT2D eigenvalue weighted by atomic mass is 35.5. The third-order valence-corrected chi connectivity index (χ3v) is 7.45. The molecule has 1 saturated heterocycles. The van der Waals surface area contributed by atoms with Gasteiger partial charge in [-0.05, 0) is 36.2 Å². The van der Waals surface area contributed by atoms with Crippen LogP contribution in [0.2, 0.25) is 5.02 Å². The average Bonchev–Trinajstić information content (AvgIpc) is 3.51. The number of aryl methyl sites for hydroxylation is 1. The first-order valence-electron chi connectivity index (χ1n) is 11.9. The van der Waals surface area contributed by atoms with Gasteiger partial charge in [-0.2, -0.15) is 10.1 Å². The molecule has 0 spiro atoms. The van der Waals surface area contributed by atoms with Crippen molar-refractivity contribution in [2.24, 2.45) is 7.05 Å². The van der Waals surface area contributed by atoms with Crippen LogP contribution in [0.25, 0.3) is 11.4 Å². The summed E-state index contributed by atoms with van der Waals surface area (Å²) in [7, 11) is 1.70. The van der Waals surface area contributed by atoms with Crippen molar-refractivity contribution in [3.05, 3.63) is 92.3 Å². The Balaban J connectivity index is 1.43. The van der Waals surface area contributed by atoms with Gasteiger partial charge in [-0.25, -0.2) is 8.78 Å². The summed E-state index contributed by atoms with van der Waals surface area (Å²) in [6, 6.07) is 5.67. The summed E-state index contributed by atoms with van der Waals surface area (Å²) in [6.45, 7) is 0.638. The van der Waals surface area contributed by atoms with Crippen molar-refractivity contribution in [2.75, 3.05) is 13.1 Å². The van der Waals surface area contributed by atoms with Gasteiger partial charge in [0.25, 0.3) is 11.5 Å². The molecule has 3 aromatic heterocycles. The van der Waals surface area contributed by atoms with E-state index < -0.39 is 40.6 Å². The zero-order chi connectivity index (χ0) is 26.7. The highest BCUT2D eigenvalue weighted by molar-refractivity contribution is 6.30. The summed E-state index contributed by atoms with van der Waals surface area (Å²) in [6.07, 6.45) is 3.83. The molecule has 1 fully saturated rings. The molecule has 1 aromatic carbocycles. The van der Waals surface area contributed by atoms with Gasteiger partial charge in [0.2, 0.25) is 5.88 Å². The van der Waals surface area contributed by atoms with Gasteiger partial charge in [-0.15, -0.1) is 0 Å². The van der Waals surface area contributed by atoms with Crippen molar-refractivity contribution in [1.29, 1.82) is 0 Å². The standard InChI is InChI=1S/C26H21ClF2N6O3/c1-33-21-9-20(14-6-16(28)8-17(29)7-14)35-23(18(21)11-31-33)32-24(36)22(26(35)38)25(37)34-5-4-13(12-34)19-3-2-15(27)10-30-19/h2-3,6-8,10-11,13,20,36H,4-5,9,12H2,1H3/t13?,20-/m0/s1. The van der Waals surface area contributed by atoms with E-state index in [2.05, 4.69) is 15.1 Å². The summed E-state index contributed by atoms with van der Waals surface area (Å²) in [5, 5.41) is 15.5. The number of carbonyl (C=O) groups is 1. The number of halogens is 3. The zero-order valence-corrected chi connectivity index (χ0v) is 20.9. The molecular formula is C26H21ClF2N6O3. The molecule has 0 aliphatic carbocycles. The molecule has 5 heterocycles. The van der Waals surface area contributed by atoms with Gasteiger partial charge in [-0.1, -0.05) is 11.6 Å². The molecule has 2 aliphatic heterocycles. The van der Waals surface area contributed by atoms with Crippen molar-refractivity contribution in [3.63, 3.8) is 0 Å². The topological polar surface area (TPSA) is 106 Å². The molecule has 6 rings (SSSR count). The summed E-state index contributed by atoms with van der Waals surface area (Å²) in [5.41, 5.74) is 0.831. The van der Waals surface area contributed by atoms with Gasteiger partial charge >= 0.3 is 0 Å². The zero-order valence-electron chi connectivity index (χ0n) is 20.1. The van der Waals surface area contributed by atoms with Crippen LogP contribution < -0.4 is 5.56 Å². The predicted octanol–water partition coefficient (Wildman–Crippen LogP) is 3.45. The molecule has 2 aliphatic rings. The SMILES string of the molecule is Cn1ncc2c1C[C@@H](c1cc(F)cc(F)c1)n1c-2nc(O)c(C(=O)N2CCC(c3ccc(Cl)cn3)C2)c1=O. The number of pyridine rings is 1. The fourth-order valence-electron chi connectivity index (χ4n) is 5.36. The molecule has 4 aromatic rings. The maximum atomic E-state index is 14.2.